The van der Waals surface area contributed by atoms with Gasteiger partial charge in [-0.25, -0.2) is 8.42 Å². The molecule has 200 valence electrons. The van der Waals surface area contributed by atoms with E-state index in [1.165, 1.54) is 4.31 Å². The molecule has 0 radical (unpaired) electrons. The second-order valence-corrected chi connectivity index (χ2v) is 12.6. The van der Waals surface area contributed by atoms with E-state index >= 15 is 0 Å². The highest BCUT2D eigenvalue weighted by molar-refractivity contribution is 7.89. The molecule has 1 saturated carbocycles. The normalized spacial score (nSPS) is 22.9. The Kier molecular flexibility index (Phi) is 8.39. The third kappa shape index (κ3) is 6.07. The van der Waals surface area contributed by atoms with Crippen molar-refractivity contribution < 1.29 is 18.0 Å². The van der Waals surface area contributed by atoms with Gasteiger partial charge in [-0.3, -0.25) is 9.59 Å². The molecule has 8 heteroatoms. The van der Waals surface area contributed by atoms with Crippen LogP contribution in [0.15, 0.2) is 41.3 Å². The van der Waals surface area contributed by atoms with Crippen LogP contribution in [0.1, 0.15) is 71.1 Å². The summed E-state index contributed by atoms with van der Waals surface area (Å²) in [6.45, 7) is 8.12. The smallest absolute Gasteiger partial charge is 0.251 e. The van der Waals surface area contributed by atoms with Gasteiger partial charge in [0.1, 0.15) is 0 Å². The zero-order chi connectivity index (χ0) is 26.7. The zero-order valence-corrected chi connectivity index (χ0v) is 23.2. The first-order valence-corrected chi connectivity index (χ1v) is 14.8. The van der Waals surface area contributed by atoms with Crippen molar-refractivity contribution >= 4 is 21.8 Å². The summed E-state index contributed by atoms with van der Waals surface area (Å²) in [6, 6.07) is 11.0. The van der Waals surface area contributed by atoms with Gasteiger partial charge in [0.2, 0.25) is 15.9 Å². The first-order valence-electron chi connectivity index (χ1n) is 13.3. The molecule has 1 aliphatic carbocycles. The summed E-state index contributed by atoms with van der Waals surface area (Å²) < 4.78 is 28.6. The van der Waals surface area contributed by atoms with E-state index in [0.717, 1.165) is 47.9 Å². The van der Waals surface area contributed by atoms with Crippen LogP contribution in [0.25, 0.3) is 0 Å². The highest BCUT2D eigenvalue weighted by atomic mass is 32.2. The standard InChI is InChI=1S/C29H39N3O4S/c1-19-16-21(3)27(22(4)17-19)37(35,36)32-15-9-11-23(18-32)28(33)30-25-13-7-8-14-26(25)31-29(34)24-12-6-5-10-20(24)2/h5-6,10,12,16-17,23,25-26H,7-9,11,13-15,18H2,1-4H3,(H,30,33)(H,31,34)/t23-,25+,26+/m0/s1. The monoisotopic (exact) mass is 525 g/mol. The van der Waals surface area contributed by atoms with E-state index in [0.29, 0.717) is 29.8 Å². The quantitative estimate of drug-likeness (QED) is 0.592. The van der Waals surface area contributed by atoms with Gasteiger partial charge in [0.25, 0.3) is 5.91 Å². The van der Waals surface area contributed by atoms with Crippen LogP contribution in [-0.2, 0) is 14.8 Å². The van der Waals surface area contributed by atoms with Gasteiger partial charge in [0.05, 0.1) is 10.8 Å². The van der Waals surface area contributed by atoms with Gasteiger partial charge in [-0.15, -0.1) is 0 Å². The summed E-state index contributed by atoms with van der Waals surface area (Å²) in [6.07, 6.45) is 4.87. The number of hydrogen-bond donors (Lipinski definition) is 2. The Bertz CT molecular complexity index is 1250. The van der Waals surface area contributed by atoms with E-state index in [-0.39, 0.29) is 30.4 Å². The Balaban J connectivity index is 1.44. The minimum Gasteiger partial charge on any atom is -0.351 e. The van der Waals surface area contributed by atoms with E-state index in [9.17, 15) is 18.0 Å². The van der Waals surface area contributed by atoms with Crippen molar-refractivity contribution in [2.24, 2.45) is 5.92 Å². The highest BCUT2D eigenvalue weighted by Crippen LogP contribution is 2.29. The average molecular weight is 526 g/mol. The van der Waals surface area contributed by atoms with Crippen LogP contribution in [-0.4, -0.2) is 49.7 Å². The molecule has 1 saturated heterocycles. The van der Waals surface area contributed by atoms with Crippen LogP contribution in [0.4, 0.5) is 0 Å². The molecule has 1 aliphatic heterocycles. The maximum Gasteiger partial charge on any atom is 0.251 e. The van der Waals surface area contributed by atoms with Crippen molar-refractivity contribution in [3.63, 3.8) is 0 Å². The molecule has 7 nitrogen and oxygen atoms in total. The van der Waals surface area contributed by atoms with Crippen LogP contribution in [0.2, 0.25) is 0 Å². The van der Waals surface area contributed by atoms with Gasteiger partial charge in [-0.2, -0.15) is 4.31 Å². The Hall–Kier alpha value is -2.71. The second kappa shape index (κ2) is 11.4. The Morgan fingerprint density at radius 2 is 1.46 bits per heavy atom. The molecule has 37 heavy (non-hydrogen) atoms. The minimum absolute atomic E-state index is 0.122. The molecule has 4 rings (SSSR count). The molecule has 0 aromatic heterocycles. The molecule has 2 fully saturated rings. The molecule has 0 bridgehead atoms. The number of rotatable bonds is 6. The lowest BCUT2D eigenvalue weighted by molar-refractivity contribution is -0.127. The Morgan fingerprint density at radius 3 is 2.11 bits per heavy atom. The molecule has 2 aromatic carbocycles. The Morgan fingerprint density at radius 1 is 0.838 bits per heavy atom. The van der Waals surface area contributed by atoms with Gasteiger partial charge in [0.15, 0.2) is 0 Å². The fourth-order valence-electron chi connectivity index (χ4n) is 5.93. The van der Waals surface area contributed by atoms with E-state index in [2.05, 4.69) is 10.6 Å². The van der Waals surface area contributed by atoms with Crippen molar-refractivity contribution in [2.75, 3.05) is 13.1 Å². The number of sulfonamides is 1. The molecule has 2 amide bonds. The first-order chi connectivity index (χ1) is 17.6. The number of piperidine rings is 1. The summed E-state index contributed by atoms with van der Waals surface area (Å²) in [7, 11) is -3.70. The lowest BCUT2D eigenvalue weighted by Crippen LogP contribution is -2.55. The summed E-state index contributed by atoms with van der Waals surface area (Å²) in [5.74, 6) is -0.661. The van der Waals surface area contributed by atoms with Crippen LogP contribution in [0.5, 0.6) is 0 Å². The van der Waals surface area contributed by atoms with Crippen molar-refractivity contribution in [3.8, 4) is 0 Å². The number of carbonyl (C=O) groups excluding carboxylic acids is 2. The van der Waals surface area contributed by atoms with E-state index in [1.807, 2.05) is 64.1 Å². The van der Waals surface area contributed by atoms with Crippen LogP contribution in [0.3, 0.4) is 0 Å². The number of amides is 2. The molecule has 0 unspecified atom stereocenters. The van der Waals surface area contributed by atoms with Gasteiger partial charge in [-0.1, -0.05) is 48.7 Å². The fraction of sp³-hybridized carbons (Fsp3) is 0.517. The first kappa shape index (κ1) is 27.3. The maximum atomic E-state index is 13.6. The van der Waals surface area contributed by atoms with E-state index in [1.54, 1.807) is 0 Å². The predicted molar refractivity (Wildman–Crippen MR) is 145 cm³/mol. The third-order valence-electron chi connectivity index (χ3n) is 7.76. The molecule has 2 aromatic rings. The SMILES string of the molecule is Cc1cc(C)c(S(=O)(=O)N2CCC[C@H](C(=O)N[C@@H]3CCCC[C@H]3NC(=O)c3ccccc3C)C2)c(C)c1. The van der Waals surface area contributed by atoms with E-state index in [4.69, 9.17) is 0 Å². The molecule has 2 N–H and O–H groups in total. The van der Waals surface area contributed by atoms with Gasteiger partial charge in [0, 0.05) is 30.7 Å². The summed E-state index contributed by atoms with van der Waals surface area (Å²) in [5.41, 5.74) is 4.06. The molecular formula is C29H39N3O4S. The lowest BCUT2D eigenvalue weighted by Gasteiger charge is -2.36. The summed E-state index contributed by atoms with van der Waals surface area (Å²) in [4.78, 5) is 26.6. The van der Waals surface area contributed by atoms with Crippen LogP contribution < -0.4 is 10.6 Å². The Labute approximate surface area is 221 Å². The number of nitrogens with zero attached hydrogens (tertiary/aromatic N) is 1. The number of hydrogen-bond acceptors (Lipinski definition) is 4. The van der Waals surface area contributed by atoms with Gasteiger partial charge >= 0.3 is 0 Å². The van der Waals surface area contributed by atoms with Crippen molar-refractivity contribution in [1.29, 1.82) is 0 Å². The summed E-state index contributed by atoms with van der Waals surface area (Å²) >= 11 is 0. The van der Waals surface area contributed by atoms with E-state index < -0.39 is 15.9 Å². The maximum absolute atomic E-state index is 13.6. The van der Waals surface area contributed by atoms with Gasteiger partial charge < -0.3 is 10.6 Å². The fourth-order valence-corrected chi connectivity index (χ4v) is 7.86. The third-order valence-corrected chi connectivity index (χ3v) is 9.93. The number of aryl methyl sites for hydroxylation is 4. The van der Waals surface area contributed by atoms with Crippen molar-refractivity contribution in [2.45, 2.75) is 83.2 Å². The summed E-state index contributed by atoms with van der Waals surface area (Å²) in [5, 5.41) is 6.32. The lowest BCUT2D eigenvalue weighted by atomic mass is 9.89. The molecular weight excluding hydrogens is 486 g/mol. The van der Waals surface area contributed by atoms with Crippen molar-refractivity contribution in [3.05, 3.63) is 64.2 Å². The average Bonchev–Trinajstić information content (AvgIpc) is 2.84. The molecule has 2 aliphatic rings. The molecule has 3 atom stereocenters. The number of nitrogens with one attached hydrogen (secondary N) is 2. The van der Waals surface area contributed by atoms with Crippen LogP contribution >= 0.6 is 0 Å². The van der Waals surface area contributed by atoms with Crippen molar-refractivity contribution in [1.82, 2.24) is 14.9 Å². The highest BCUT2D eigenvalue weighted by Gasteiger charge is 2.36. The predicted octanol–water partition coefficient (Wildman–Crippen LogP) is 4.18. The van der Waals surface area contributed by atoms with Gasteiger partial charge in [-0.05, 0) is 76.1 Å². The second-order valence-electron chi connectivity index (χ2n) is 10.7. The number of carbonyl (C=O) groups is 2. The largest absolute Gasteiger partial charge is 0.351 e. The molecule has 0 spiro atoms. The number of benzene rings is 2. The zero-order valence-electron chi connectivity index (χ0n) is 22.3. The minimum atomic E-state index is -3.70. The topological polar surface area (TPSA) is 95.6 Å². The van der Waals surface area contributed by atoms with Crippen LogP contribution in [0, 0.1) is 33.6 Å². The molecule has 1 heterocycles.